The van der Waals surface area contributed by atoms with Crippen molar-refractivity contribution < 1.29 is 4.79 Å². The number of fused-ring (bicyclic) bond motifs is 1. The third kappa shape index (κ3) is 3.42. The van der Waals surface area contributed by atoms with Crippen molar-refractivity contribution in [3.05, 3.63) is 53.2 Å². The van der Waals surface area contributed by atoms with Gasteiger partial charge >= 0.3 is 0 Å². The van der Waals surface area contributed by atoms with Crippen molar-refractivity contribution >= 4 is 11.7 Å². The van der Waals surface area contributed by atoms with Crippen molar-refractivity contribution in [3.63, 3.8) is 0 Å². The zero-order valence-electron chi connectivity index (χ0n) is 15.3. The van der Waals surface area contributed by atoms with Gasteiger partial charge in [0.1, 0.15) is 0 Å². The summed E-state index contributed by atoms with van der Waals surface area (Å²) in [5.41, 5.74) is 3.00. The molecule has 0 spiro atoms. The molecule has 1 fully saturated rings. The molecule has 2 aliphatic rings. The van der Waals surface area contributed by atoms with Crippen LogP contribution in [-0.4, -0.2) is 65.2 Å². The quantitative estimate of drug-likeness (QED) is 0.844. The number of piperazine rings is 1. The van der Waals surface area contributed by atoms with Crippen molar-refractivity contribution in [2.24, 2.45) is 0 Å². The van der Waals surface area contributed by atoms with Gasteiger partial charge in [0.05, 0.1) is 0 Å². The third-order valence-electron chi connectivity index (χ3n) is 5.43. The van der Waals surface area contributed by atoms with Crippen molar-refractivity contribution in [3.8, 4) is 0 Å². The summed E-state index contributed by atoms with van der Waals surface area (Å²) in [6, 6.07) is 12.1. The number of rotatable bonds is 3. The molecule has 1 aromatic carbocycles. The van der Waals surface area contributed by atoms with Gasteiger partial charge in [0.2, 0.25) is 0 Å². The van der Waals surface area contributed by atoms with E-state index in [1.807, 2.05) is 23.1 Å². The number of hydrogen-bond acceptors (Lipinski definition) is 5. The smallest absolute Gasteiger partial charge is 0.274 e. The highest BCUT2D eigenvalue weighted by atomic mass is 16.2. The Labute approximate surface area is 154 Å². The number of carbonyl (C=O) groups excluding carboxylic acids is 1. The van der Waals surface area contributed by atoms with Crippen LogP contribution in [0.3, 0.4) is 0 Å². The van der Waals surface area contributed by atoms with Crippen LogP contribution in [0.15, 0.2) is 36.4 Å². The van der Waals surface area contributed by atoms with E-state index in [0.29, 0.717) is 12.2 Å². The van der Waals surface area contributed by atoms with Gasteiger partial charge in [-0.15, -0.1) is 10.2 Å². The van der Waals surface area contributed by atoms with E-state index in [1.165, 1.54) is 11.1 Å². The molecule has 3 heterocycles. The first-order valence-corrected chi connectivity index (χ1v) is 9.41. The molecule has 0 radical (unpaired) electrons. The van der Waals surface area contributed by atoms with E-state index in [-0.39, 0.29) is 5.91 Å². The molecule has 0 atom stereocenters. The third-order valence-corrected chi connectivity index (χ3v) is 5.43. The number of aromatic nitrogens is 2. The van der Waals surface area contributed by atoms with Crippen LogP contribution in [0.2, 0.25) is 0 Å². The summed E-state index contributed by atoms with van der Waals surface area (Å²) in [6.07, 6.45) is 0.898. The first-order valence-electron chi connectivity index (χ1n) is 9.41. The maximum absolute atomic E-state index is 12.8. The molecule has 0 unspecified atom stereocenters. The van der Waals surface area contributed by atoms with Gasteiger partial charge in [-0.05, 0) is 36.2 Å². The van der Waals surface area contributed by atoms with E-state index < -0.39 is 0 Å². The van der Waals surface area contributed by atoms with Crippen molar-refractivity contribution in [1.82, 2.24) is 20.0 Å². The Morgan fingerprint density at radius 3 is 2.42 bits per heavy atom. The Balaban J connectivity index is 1.42. The average Bonchev–Trinajstić information content (AvgIpc) is 2.73. The van der Waals surface area contributed by atoms with Gasteiger partial charge in [-0.25, -0.2) is 0 Å². The molecule has 1 amide bonds. The number of hydrogen-bond donors (Lipinski definition) is 0. The largest absolute Gasteiger partial charge is 0.353 e. The molecule has 2 aliphatic heterocycles. The molecule has 0 N–H and O–H groups in total. The van der Waals surface area contributed by atoms with E-state index in [9.17, 15) is 4.79 Å². The lowest BCUT2D eigenvalue weighted by atomic mass is 10.00. The Bertz CT molecular complexity index is 768. The molecule has 0 bridgehead atoms. The summed E-state index contributed by atoms with van der Waals surface area (Å²) in [4.78, 5) is 19.3. The van der Waals surface area contributed by atoms with Crippen molar-refractivity contribution in [2.75, 3.05) is 44.2 Å². The van der Waals surface area contributed by atoms with Crippen LogP contribution in [0.4, 0.5) is 5.82 Å². The van der Waals surface area contributed by atoms with Crippen LogP contribution in [0.25, 0.3) is 0 Å². The molecule has 1 saturated heterocycles. The molecule has 0 saturated carbocycles. The summed E-state index contributed by atoms with van der Waals surface area (Å²) in [6.45, 7) is 8.67. The molecule has 0 aliphatic carbocycles. The lowest BCUT2D eigenvalue weighted by Crippen LogP contribution is -2.46. The van der Waals surface area contributed by atoms with E-state index in [4.69, 9.17) is 0 Å². The second-order valence-electron chi connectivity index (χ2n) is 6.94. The van der Waals surface area contributed by atoms with Gasteiger partial charge in [0, 0.05) is 39.3 Å². The van der Waals surface area contributed by atoms with Crippen molar-refractivity contribution in [2.45, 2.75) is 19.9 Å². The van der Waals surface area contributed by atoms with Crippen LogP contribution in [0, 0.1) is 0 Å². The molecule has 4 rings (SSSR count). The molecule has 1 aromatic heterocycles. The van der Waals surface area contributed by atoms with Crippen LogP contribution in [0.1, 0.15) is 28.5 Å². The molecular weight excluding hydrogens is 326 g/mol. The van der Waals surface area contributed by atoms with E-state index >= 15 is 0 Å². The lowest BCUT2D eigenvalue weighted by molar-refractivity contribution is 0.0727. The van der Waals surface area contributed by atoms with Gasteiger partial charge in [0.25, 0.3) is 5.91 Å². The fourth-order valence-corrected chi connectivity index (χ4v) is 3.73. The predicted molar refractivity (Wildman–Crippen MR) is 101 cm³/mol. The molecular formula is C20H25N5O. The fraction of sp³-hybridized carbons (Fsp3) is 0.450. The number of anilines is 1. The SMILES string of the molecule is CCN1CCN(c2ccc(C(=O)N3CCc4ccccc4C3)nn2)CC1. The van der Waals surface area contributed by atoms with Gasteiger partial charge in [-0.1, -0.05) is 31.2 Å². The van der Waals surface area contributed by atoms with Crippen LogP contribution in [0.5, 0.6) is 0 Å². The zero-order valence-corrected chi connectivity index (χ0v) is 15.3. The minimum Gasteiger partial charge on any atom is -0.353 e. The van der Waals surface area contributed by atoms with E-state index in [0.717, 1.165) is 51.5 Å². The first-order chi connectivity index (χ1) is 12.7. The standard InChI is InChI=1S/C20H25N5O/c1-2-23-11-13-24(14-12-23)19-8-7-18(21-22-19)20(26)25-10-9-16-5-3-4-6-17(16)15-25/h3-8H,2,9-15H2,1H3. The molecule has 2 aromatic rings. The lowest BCUT2D eigenvalue weighted by Gasteiger charge is -2.34. The maximum atomic E-state index is 12.8. The van der Waals surface area contributed by atoms with Crippen LogP contribution in [-0.2, 0) is 13.0 Å². The van der Waals surface area contributed by atoms with Gasteiger partial charge in [-0.3, -0.25) is 4.79 Å². The summed E-state index contributed by atoms with van der Waals surface area (Å²) in [5, 5.41) is 8.55. The molecule has 6 nitrogen and oxygen atoms in total. The average molecular weight is 351 g/mol. The van der Waals surface area contributed by atoms with Crippen LogP contribution >= 0.6 is 0 Å². The highest BCUT2D eigenvalue weighted by Crippen LogP contribution is 2.20. The molecule has 26 heavy (non-hydrogen) atoms. The number of amides is 1. The Hall–Kier alpha value is -2.47. The maximum Gasteiger partial charge on any atom is 0.274 e. The van der Waals surface area contributed by atoms with Gasteiger partial charge in [0.15, 0.2) is 11.5 Å². The Morgan fingerprint density at radius 2 is 1.73 bits per heavy atom. The second kappa shape index (κ2) is 7.41. The summed E-state index contributed by atoms with van der Waals surface area (Å²) in [7, 11) is 0. The topological polar surface area (TPSA) is 52.6 Å². The predicted octanol–water partition coefficient (Wildman–Crippen LogP) is 1.82. The van der Waals surface area contributed by atoms with Crippen molar-refractivity contribution in [1.29, 1.82) is 0 Å². The fourth-order valence-electron chi connectivity index (χ4n) is 3.73. The minimum absolute atomic E-state index is 0.0330. The first kappa shape index (κ1) is 17.0. The second-order valence-corrected chi connectivity index (χ2v) is 6.94. The summed E-state index contributed by atoms with van der Waals surface area (Å²) < 4.78 is 0. The number of benzene rings is 1. The zero-order chi connectivity index (χ0) is 17.9. The highest BCUT2D eigenvalue weighted by molar-refractivity contribution is 5.92. The van der Waals surface area contributed by atoms with E-state index in [1.54, 1.807) is 0 Å². The highest BCUT2D eigenvalue weighted by Gasteiger charge is 2.23. The summed E-state index contributed by atoms with van der Waals surface area (Å²) in [5.74, 6) is 0.829. The Kier molecular flexibility index (Phi) is 4.84. The van der Waals surface area contributed by atoms with Gasteiger partial charge in [-0.2, -0.15) is 0 Å². The number of likely N-dealkylation sites (N-methyl/N-ethyl adjacent to an activating group) is 1. The number of nitrogens with zero attached hydrogens (tertiary/aromatic N) is 5. The molecule has 136 valence electrons. The van der Waals surface area contributed by atoms with Gasteiger partial charge < -0.3 is 14.7 Å². The minimum atomic E-state index is -0.0330. The Morgan fingerprint density at radius 1 is 0.962 bits per heavy atom. The molecule has 6 heteroatoms. The number of carbonyl (C=O) groups is 1. The monoisotopic (exact) mass is 351 g/mol. The summed E-state index contributed by atoms with van der Waals surface area (Å²) >= 11 is 0. The van der Waals surface area contributed by atoms with Crippen LogP contribution < -0.4 is 4.90 Å². The normalized spacial score (nSPS) is 17.9. The van der Waals surface area contributed by atoms with E-state index in [2.05, 4.69) is 45.1 Å².